The van der Waals surface area contributed by atoms with Crippen LogP contribution in [0.5, 0.6) is 0 Å². The van der Waals surface area contributed by atoms with Gasteiger partial charge in [0.1, 0.15) is 0 Å². The van der Waals surface area contributed by atoms with Gasteiger partial charge in [-0.2, -0.15) is 0 Å². The van der Waals surface area contributed by atoms with E-state index in [4.69, 9.17) is 0 Å². The number of anilines is 3. The highest BCUT2D eigenvalue weighted by atomic mass is 32.1. The molecule has 0 atom stereocenters. The number of pyridine rings is 1. The summed E-state index contributed by atoms with van der Waals surface area (Å²) in [6.07, 6.45) is 3.75. The van der Waals surface area contributed by atoms with Crippen molar-refractivity contribution in [1.29, 1.82) is 0 Å². The van der Waals surface area contributed by atoms with Crippen LogP contribution in [0.3, 0.4) is 0 Å². The molecule has 0 amide bonds. The SMILES string of the molecule is c1ccc(N(c2cccc(-c3cccnc3)c2)c2ccc(-c3cccc4sc5ccccc5c34)c3c2c2ccccc2n3-c2ccccc2)cc1. The second-order valence-corrected chi connectivity index (χ2v) is 13.9. The van der Waals surface area contributed by atoms with Crippen molar-refractivity contribution >= 4 is 70.4 Å². The fourth-order valence-corrected chi connectivity index (χ4v) is 8.82. The van der Waals surface area contributed by atoms with Crippen LogP contribution in [0.4, 0.5) is 17.1 Å². The summed E-state index contributed by atoms with van der Waals surface area (Å²) in [6, 6.07) is 63.5. The Kier molecular flexibility index (Phi) is 7.00. The molecule has 3 aromatic heterocycles. The monoisotopic (exact) mass is 669 g/mol. The van der Waals surface area contributed by atoms with Crippen LogP contribution < -0.4 is 4.90 Å². The van der Waals surface area contributed by atoms with Crippen molar-refractivity contribution in [2.75, 3.05) is 4.90 Å². The maximum Gasteiger partial charge on any atom is 0.0640 e. The normalized spacial score (nSPS) is 11.5. The molecule has 0 aliphatic rings. The van der Waals surface area contributed by atoms with Crippen LogP contribution in [-0.4, -0.2) is 9.55 Å². The molecule has 0 bridgehead atoms. The quantitative estimate of drug-likeness (QED) is 0.176. The van der Waals surface area contributed by atoms with E-state index in [0.29, 0.717) is 0 Å². The second-order valence-electron chi connectivity index (χ2n) is 12.8. The van der Waals surface area contributed by atoms with Crippen molar-refractivity contribution in [3.8, 4) is 27.9 Å². The van der Waals surface area contributed by atoms with Crippen molar-refractivity contribution in [2.45, 2.75) is 0 Å². The molecule has 0 fully saturated rings. The molecule has 0 N–H and O–H groups in total. The Morgan fingerprint density at radius 2 is 1.20 bits per heavy atom. The summed E-state index contributed by atoms with van der Waals surface area (Å²) < 4.78 is 5.07. The van der Waals surface area contributed by atoms with Crippen LogP contribution in [0.15, 0.2) is 188 Å². The van der Waals surface area contributed by atoms with Crippen LogP contribution >= 0.6 is 11.3 Å². The fourth-order valence-electron chi connectivity index (χ4n) is 7.69. The van der Waals surface area contributed by atoms with E-state index >= 15 is 0 Å². The molecule has 7 aromatic carbocycles. The van der Waals surface area contributed by atoms with E-state index < -0.39 is 0 Å². The zero-order valence-corrected chi connectivity index (χ0v) is 28.5. The van der Waals surface area contributed by atoms with Gasteiger partial charge in [0, 0.05) is 71.5 Å². The van der Waals surface area contributed by atoms with Crippen molar-refractivity contribution in [2.24, 2.45) is 0 Å². The maximum atomic E-state index is 4.42. The molecule has 3 heterocycles. The first kappa shape index (κ1) is 29.4. The van der Waals surface area contributed by atoms with E-state index in [1.807, 2.05) is 29.8 Å². The molecule has 0 radical (unpaired) electrons. The summed E-state index contributed by atoms with van der Waals surface area (Å²) in [5.74, 6) is 0. The van der Waals surface area contributed by atoms with Gasteiger partial charge in [0.25, 0.3) is 0 Å². The molecule has 0 aliphatic heterocycles. The Bertz CT molecular complexity index is 2850. The lowest BCUT2D eigenvalue weighted by molar-refractivity contribution is 1.18. The van der Waals surface area contributed by atoms with Gasteiger partial charge in [-0.15, -0.1) is 11.3 Å². The van der Waals surface area contributed by atoms with Crippen molar-refractivity contribution in [1.82, 2.24) is 9.55 Å². The van der Waals surface area contributed by atoms with E-state index in [1.54, 1.807) is 0 Å². The summed E-state index contributed by atoms with van der Waals surface area (Å²) in [7, 11) is 0. The Morgan fingerprint density at radius 1 is 0.490 bits per heavy atom. The first-order chi connectivity index (χ1) is 25.3. The van der Waals surface area contributed by atoms with Gasteiger partial charge >= 0.3 is 0 Å². The van der Waals surface area contributed by atoms with Crippen LogP contribution in [0.2, 0.25) is 0 Å². The van der Waals surface area contributed by atoms with Crippen LogP contribution in [-0.2, 0) is 0 Å². The lowest BCUT2D eigenvalue weighted by Gasteiger charge is -2.27. The third-order valence-electron chi connectivity index (χ3n) is 9.86. The van der Waals surface area contributed by atoms with Crippen molar-refractivity contribution in [3.05, 3.63) is 188 Å². The van der Waals surface area contributed by atoms with Crippen molar-refractivity contribution in [3.63, 3.8) is 0 Å². The summed E-state index contributed by atoms with van der Waals surface area (Å²) in [5, 5.41) is 5.02. The molecule has 10 aromatic rings. The third kappa shape index (κ3) is 4.84. The number of hydrogen-bond donors (Lipinski definition) is 0. The van der Waals surface area contributed by atoms with E-state index in [1.165, 1.54) is 53.1 Å². The van der Waals surface area contributed by atoms with Crippen molar-refractivity contribution < 1.29 is 0 Å². The lowest BCUT2D eigenvalue weighted by atomic mass is 9.95. The molecular formula is C47H31N3S. The Balaban J connectivity index is 1.34. The Labute approximate surface area is 299 Å². The molecule has 0 spiro atoms. The predicted molar refractivity (Wildman–Crippen MR) is 217 cm³/mol. The number of aromatic nitrogens is 2. The average molecular weight is 670 g/mol. The number of nitrogens with zero attached hydrogens (tertiary/aromatic N) is 3. The number of fused-ring (bicyclic) bond motifs is 6. The molecule has 0 unspecified atom stereocenters. The second kappa shape index (κ2) is 12.1. The van der Waals surface area contributed by atoms with Gasteiger partial charge in [-0.3, -0.25) is 4.98 Å². The summed E-state index contributed by atoms with van der Waals surface area (Å²) in [5.41, 5.74) is 11.5. The van der Waals surface area contributed by atoms with Gasteiger partial charge in [0.15, 0.2) is 0 Å². The first-order valence-electron chi connectivity index (χ1n) is 17.2. The molecule has 240 valence electrons. The zero-order chi connectivity index (χ0) is 33.7. The topological polar surface area (TPSA) is 21.1 Å². The van der Waals surface area contributed by atoms with Gasteiger partial charge in [-0.1, -0.05) is 109 Å². The third-order valence-corrected chi connectivity index (χ3v) is 11.0. The zero-order valence-electron chi connectivity index (χ0n) is 27.6. The minimum atomic E-state index is 1.08. The largest absolute Gasteiger partial charge is 0.310 e. The van der Waals surface area contributed by atoms with Gasteiger partial charge in [-0.05, 0) is 77.9 Å². The van der Waals surface area contributed by atoms with Gasteiger partial charge < -0.3 is 9.47 Å². The van der Waals surface area contributed by atoms with Gasteiger partial charge in [0.05, 0.1) is 16.7 Å². The molecule has 3 nitrogen and oxygen atoms in total. The summed E-state index contributed by atoms with van der Waals surface area (Å²) in [4.78, 5) is 6.83. The number of benzene rings is 7. The molecule has 10 rings (SSSR count). The predicted octanol–water partition coefficient (Wildman–Crippen LogP) is 13.4. The Hall–Kier alpha value is -6.49. The summed E-state index contributed by atoms with van der Waals surface area (Å²) >= 11 is 1.86. The van der Waals surface area contributed by atoms with E-state index in [9.17, 15) is 0 Å². The van der Waals surface area contributed by atoms with Gasteiger partial charge in [0.2, 0.25) is 0 Å². The number of hydrogen-bond acceptors (Lipinski definition) is 3. The first-order valence-corrected chi connectivity index (χ1v) is 18.0. The van der Waals surface area contributed by atoms with Gasteiger partial charge in [-0.25, -0.2) is 0 Å². The van der Waals surface area contributed by atoms with Crippen LogP contribution in [0.25, 0.3) is 69.9 Å². The number of thiophene rings is 1. The van der Waals surface area contributed by atoms with Crippen LogP contribution in [0, 0.1) is 0 Å². The molecule has 4 heteroatoms. The highest BCUT2D eigenvalue weighted by Crippen LogP contribution is 2.49. The standard InChI is InChI=1S/C47H31N3S/c1-3-16-34(17-4-1)49(36-20-11-14-32(30-36)33-15-13-29-48-31-33)42-28-27-38(37-23-12-26-44-45(37)40-22-8-10-25-43(40)51-44)47-46(42)39-21-7-9-24-41(39)50(47)35-18-5-2-6-19-35/h1-31H. The molecular weight excluding hydrogens is 639 g/mol. The fraction of sp³-hybridized carbons (Fsp3) is 0. The molecule has 0 saturated heterocycles. The molecule has 0 saturated carbocycles. The van der Waals surface area contributed by atoms with Crippen LogP contribution in [0.1, 0.15) is 0 Å². The Morgan fingerprint density at radius 3 is 2.04 bits per heavy atom. The minimum absolute atomic E-state index is 1.08. The van der Waals surface area contributed by atoms with E-state index in [2.05, 4.69) is 184 Å². The molecule has 51 heavy (non-hydrogen) atoms. The van der Waals surface area contributed by atoms with E-state index in [-0.39, 0.29) is 0 Å². The number of rotatable bonds is 6. The highest BCUT2D eigenvalue weighted by Gasteiger charge is 2.25. The smallest absolute Gasteiger partial charge is 0.0640 e. The summed E-state index contributed by atoms with van der Waals surface area (Å²) in [6.45, 7) is 0. The maximum absolute atomic E-state index is 4.42. The molecule has 0 aliphatic carbocycles. The number of para-hydroxylation sites is 3. The average Bonchev–Trinajstić information content (AvgIpc) is 3.76. The van der Waals surface area contributed by atoms with E-state index in [0.717, 1.165) is 33.9 Å². The highest BCUT2D eigenvalue weighted by molar-refractivity contribution is 7.25. The minimum Gasteiger partial charge on any atom is -0.310 e. The lowest BCUT2D eigenvalue weighted by Crippen LogP contribution is -2.10.